The normalized spacial score (nSPS) is 18.0. The number of nitrogens with zero attached hydrogens (tertiary/aromatic N) is 1. The Bertz CT molecular complexity index is 435. The number of carboxylic acids is 1. The van der Waals surface area contributed by atoms with Crippen LogP contribution in [-0.4, -0.2) is 55.1 Å². The number of amides is 1. The van der Waals surface area contributed by atoms with Gasteiger partial charge in [-0.15, -0.1) is 0 Å². The van der Waals surface area contributed by atoms with E-state index in [0.29, 0.717) is 25.9 Å². The molecule has 1 fully saturated rings. The molecule has 116 valence electrons. The molecule has 0 spiro atoms. The molecule has 0 unspecified atom stereocenters. The van der Waals surface area contributed by atoms with Crippen LogP contribution in [0.15, 0.2) is 0 Å². The summed E-state index contributed by atoms with van der Waals surface area (Å²) in [6.07, 6.45) is 3.06. The molecule has 0 radical (unpaired) electrons. The molecule has 0 saturated carbocycles. The monoisotopic (exact) mass is 306 g/mol. The van der Waals surface area contributed by atoms with Crippen LogP contribution in [0.1, 0.15) is 38.5 Å². The Labute approximate surface area is 119 Å². The Kier molecular flexibility index (Phi) is 6.94. The first-order valence-electron chi connectivity index (χ1n) is 6.88. The van der Waals surface area contributed by atoms with Crippen molar-refractivity contribution in [2.24, 2.45) is 0 Å². The number of sulfonamides is 1. The lowest BCUT2D eigenvalue weighted by atomic mass is 10.2. The van der Waals surface area contributed by atoms with Crippen molar-refractivity contribution >= 4 is 21.9 Å². The summed E-state index contributed by atoms with van der Waals surface area (Å²) in [5.74, 6) is -0.788. The Morgan fingerprint density at radius 3 is 2.50 bits per heavy atom. The standard InChI is InChI=1S/C12H22N2O5S/c15-11(13-7-3-1-2-5-12(16)17)6-9-14-8-4-10-20(14,18)19/h1-10H2,(H,13,15)(H,16,17). The first kappa shape index (κ1) is 16.9. The van der Waals surface area contributed by atoms with Gasteiger partial charge in [-0.2, -0.15) is 0 Å². The minimum atomic E-state index is -3.13. The number of unbranched alkanes of at least 4 members (excludes halogenated alkanes) is 2. The van der Waals surface area contributed by atoms with E-state index in [1.54, 1.807) is 0 Å². The average Bonchev–Trinajstić information content (AvgIpc) is 2.70. The van der Waals surface area contributed by atoms with Crippen molar-refractivity contribution in [3.63, 3.8) is 0 Å². The number of carbonyl (C=O) groups is 2. The smallest absolute Gasteiger partial charge is 0.303 e. The summed E-state index contributed by atoms with van der Waals surface area (Å²) in [5.41, 5.74) is 0. The van der Waals surface area contributed by atoms with E-state index in [4.69, 9.17) is 5.11 Å². The maximum atomic E-state index is 11.5. The average molecular weight is 306 g/mol. The van der Waals surface area contributed by atoms with E-state index in [1.165, 1.54) is 4.31 Å². The fourth-order valence-electron chi connectivity index (χ4n) is 2.06. The molecule has 0 bridgehead atoms. The molecule has 7 nitrogen and oxygen atoms in total. The van der Waals surface area contributed by atoms with Crippen LogP contribution in [0.4, 0.5) is 0 Å². The molecular weight excluding hydrogens is 284 g/mol. The van der Waals surface area contributed by atoms with Gasteiger partial charge < -0.3 is 10.4 Å². The van der Waals surface area contributed by atoms with Gasteiger partial charge in [0.15, 0.2) is 0 Å². The third-order valence-corrected chi connectivity index (χ3v) is 5.14. The van der Waals surface area contributed by atoms with E-state index in [0.717, 1.165) is 12.8 Å². The summed E-state index contributed by atoms with van der Waals surface area (Å²) < 4.78 is 24.4. The Morgan fingerprint density at radius 2 is 1.90 bits per heavy atom. The largest absolute Gasteiger partial charge is 0.481 e. The summed E-state index contributed by atoms with van der Waals surface area (Å²) in [5, 5.41) is 11.2. The summed E-state index contributed by atoms with van der Waals surface area (Å²) >= 11 is 0. The minimum absolute atomic E-state index is 0.154. The first-order valence-corrected chi connectivity index (χ1v) is 8.49. The van der Waals surface area contributed by atoms with Gasteiger partial charge in [-0.3, -0.25) is 9.59 Å². The van der Waals surface area contributed by atoms with Crippen LogP contribution in [0.5, 0.6) is 0 Å². The Hall–Kier alpha value is -1.15. The van der Waals surface area contributed by atoms with Crippen molar-refractivity contribution < 1.29 is 23.1 Å². The van der Waals surface area contributed by atoms with E-state index in [2.05, 4.69) is 5.32 Å². The maximum Gasteiger partial charge on any atom is 0.303 e. The Balaban J connectivity index is 2.05. The summed E-state index contributed by atoms with van der Waals surface area (Å²) in [6, 6.07) is 0. The van der Waals surface area contributed by atoms with Crippen LogP contribution in [-0.2, 0) is 19.6 Å². The third-order valence-electron chi connectivity index (χ3n) is 3.18. The van der Waals surface area contributed by atoms with Gasteiger partial charge in [0.25, 0.3) is 0 Å². The Morgan fingerprint density at radius 1 is 1.15 bits per heavy atom. The molecule has 1 heterocycles. The summed E-state index contributed by atoms with van der Waals surface area (Å²) in [4.78, 5) is 21.8. The van der Waals surface area contributed by atoms with Crippen LogP contribution < -0.4 is 5.32 Å². The number of carbonyl (C=O) groups excluding carboxylic acids is 1. The fraction of sp³-hybridized carbons (Fsp3) is 0.833. The van der Waals surface area contributed by atoms with Gasteiger partial charge in [-0.1, -0.05) is 6.42 Å². The lowest BCUT2D eigenvalue weighted by molar-refractivity contribution is -0.137. The molecule has 1 aliphatic heterocycles. The molecule has 8 heteroatoms. The molecule has 0 aromatic carbocycles. The molecular formula is C12H22N2O5S. The van der Waals surface area contributed by atoms with Crippen molar-refractivity contribution in [3.05, 3.63) is 0 Å². The van der Waals surface area contributed by atoms with Gasteiger partial charge in [0.1, 0.15) is 0 Å². The molecule has 20 heavy (non-hydrogen) atoms. The lowest BCUT2D eigenvalue weighted by Gasteiger charge is -2.13. The molecule has 2 N–H and O–H groups in total. The van der Waals surface area contributed by atoms with E-state index >= 15 is 0 Å². The molecule has 1 saturated heterocycles. The zero-order chi connectivity index (χ0) is 15.0. The molecule has 1 amide bonds. The molecule has 0 aliphatic carbocycles. The van der Waals surface area contributed by atoms with Gasteiger partial charge in [-0.05, 0) is 19.3 Å². The van der Waals surface area contributed by atoms with Crippen molar-refractivity contribution in [3.8, 4) is 0 Å². The fourth-order valence-corrected chi connectivity index (χ4v) is 3.59. The van der Waals surface area contributed by atoms with Gasteiger partial charge >= 0.3 is 5.97 Å². The molecule has 0 aromatic rings. The maximum absolute atomic E-state index is 11.5. The van der Waals surface area contributed by atoms with Crippen molar-refractivity contribution in [1.82, 2.24) is 9.62 Å². The zero-order valence-corrected chi connectivity index (χ0v) is 12.3. The van der Waals surface area contributed by atoms with Crippen molar-refractivity contribution in [2.75, 3.05) is 25.4 Å². The van der Waals surface area contributed by atoms with E-state index in [9.17, 15) is 18.0 Å². The van der Waals surface area contributed by atoms with Crippen molar-refractivity contribution in [2.45, 2.75) is 38.5 Å². The van der Waals surface area contributed by atoms with Gasteiger partial charge in [0.2, 0.25) is 15.9 Å². The SMILES string of the molecule is O=C(O)CCCCCNC(=O)CCN1CCCS1(=O)=O. The number of nitrogens with one attached hydrogen (secondary N) is 1. The minimum Gasteiger partial charge on any atom is -0.481 e. The number of aliphatic carboxylic acids is 1. The zero-order valence-electron chi connectivity index (χ0n) is 11.5. The number of hydrogen-bond donors (Lipinski definition) is 2. The van der Waals surface area contributed by atoms with Crippen molar-refractivity contribution in [1.29, 1.82) is 0 Å². The first-order chi connectivity index (χ1) is 9.42. The predicted molar refractivity (Wildman–Crippen MR) is 73.7 cm³/mol. The van der Waals surface area contributed by atoms with Gasteiger partial charge in [0.05, 0.1) is 5.75 Å². The van der Waals surface area contributed by atoms with E-state index in [-0.39, 0.29) is 31.0 Å². The highest BCUT2D eigenvalue weighted by Crippen LogP contribution is 2.13. The quantitative estimate of drug-likeness (QED) is 0.591. The highest BCUT2D eigenvalue weighted by atomic mass is 32.2. The number of rotatable bonds is 9. The van der Waals surface area contributed by atoms with Crippen LogP contribution in [0.2, 0.25) is 0 Å². The second kappa shape index (κ2) is 8.21. The number of hydrogen-bond acceptors (Lipinski definition) is 4. The summed E-state index contributed by atoms with van der Waals surface area (Å²) in [7, 11) is -3.13. The second-order valence-electron chi connectivity index (χ2n) is 4.87. The van der Waals surface area contributed by atoms with Gasteiger partial charge in [0, 0.05) is 32.5 Å². The second-order valence-corrected chi connectivity index (χ2v) is 6.96. The van der Waals surface area contributed by atoms with E-state index < -0.39 is 16.0 Å². The highest BCUT2D eigenvalue weighted by molar-refractivity contribution is 7.89. The topological polar surface area (TPSA) is 104 Å². The van der Waals surface area contributed by atoms with Crippen LogP contribution in [0.3, 0.4) is 0 Å². The van der Waals surface area contributed by atoms with Gasteiger partial charge in [-0.25, -0.2) is 12.7 Å². The van der Waals surface area contributed by atoms with Crippen LogP contribution in [0, 0.1) is 0 Å². The van der Waals surface area contributed by atoms with Crippen LogP contribution in [0.25, 0.3) is 0 Å². The van der Waals surface area contributed by atoms with E-state index in [1.807, 2.05) is 0 Å². The number of carboxylic acid groups (broad SMARTS) is 1. The lowest BCUT2D eigenvalue weighted by Crippen LogP contribution is -2.32. The molecule has 1 aliphatic rings. The van der Waals surface area contributed by atoms with Crippen LogP contribution >= 0.6 is 0 Å². The molecule has 0 atom stereocenters. The third kappa shape index (κ3) is 6.33. The molecule has 0 aromatic heterocycles. The molecule has 1 rings (SSSR count). The summed E-state index contributed by atoms with van der Waals surface area (Å²) in [6.45, 7) is 1.25. The highest BCUT2D eigenvalue weighted by Gasteiger charge is 2.27. The predicted octanol–water partition coefficient (Wildman–Crippen LogP) is 0.173.